The lowest BCUT2D eigenvalue weighted by atomic mass is 9.99. The fourth-order valence-corrected chi connectivity index (χ4v) is 6.84. The number of carbonyl (C=O) groups is 1. The van der Waals surface area contributed by atoms with Crippen molar-refractivity contribution in [3.05, 3.63) is 36.5 Å². The Labute approximate surface area is 333 Å². The first-order valence-electron chi connectivity index (χ1n) is 21.2. The van der Waals surface area contributed by atoms with Crippen LogP contribution in [0.2, 0.25) is 0 Å². The van der Waals surface area contributed by atoms with Crippen LogP contribution in [0.25, 0.3) is 0 Å². The molecule has 13 heteroatoms. The lowest BCUT2D eigenvalue weighted by Crippen LogP contribution is -2.60. The SMILES string of the molecule is CC/C=C\C/C=C\C/C=C\CCCCCCCCOCC(COC1OC(CO)C(O)C(OS(=O)(=O)O)C1O)OC(=O)CCCCCCCCCCCCCC. The van der Waals surface area contributed by atoms with Gasteiger partial charge in [-0.3, -0.25) is 9.35 Å². The Morgan fingerprint density at radius 2 is 1.25 bits per heavy atom. The number of aliphatic hydroxyl groups excluding tert-OH is 3. The number of unbranched alkanes of at least 4 members (excludes halogenated alkanes) is 17. The third-order valence-electron chi connectivity index (χ3n) is 9.53. The Balaban J connectivity index is 2.46. The summed E-state index contributed by atoms with van der Waals surface area (Å²) in [5, 5.41) is 30.6. The average Bonchev–Trinajstić information content (AvgIpc) is 3.15. The summed E-state index contributed by atoms with van der Waals surface area (Å²) in [7, 11) is -5.06. The van der Waals surface area contributed by atoms with Crippen LogP contribution in [-0.2, 0) is 38.3 Å². The summed E-state index contributed by atoms with van der Waals surface area (Å²) in [6.07, 6.45) is 28.9. The molecule has 1 fully saturated rings. The van der Waals surface area contributed by atoms with E-state index in [0.29, 0.717) is 13.0 Å². The van der Waals surface area contributed by atoms with E-state index in [4.69, 9.17) is 23.5 Å². The average molecular weight is 805 g/mol. The van der Waals surface area contributed by atoms with E-state index in [1.54, 1.807) is 0 Å². The van der Waals surface area contributed by atoms with E-state index in [2.05, 4.69) is 54.5 Å². The molecule has 0 aromatic rings. The van der Waals surface area contributed by atoms with Crippen molar-refractivity contribution in [2.75, 3.05) is 26.4 Å². The normalized spacial score (nSPS) is 21.3. The predicted molar refractivity (Wildman–Crippen MR) is 216 cm³/mol. The van der Waals surface area contributed by atoms with Crippen molar-refractivity contribution >= 4 is 16.4 Å². The molecule has 1 saturated heterocycles. The predicted octanol–water partition coefficient (Wildman–Crippen LogP) is 8.24. The second-order valence-electron chi connectivity index (χ2n) is 14.6. The van der Waals surface area contributed by atoms with Gasteiger partial charge < -0.3 is 34.3 Å². The number of hydrogen-bond donors (Lipinski definition) is 4. The molecule has 0 spiro atoms. The van der Waals surface area contributed by atoms with Crippen molar-refractivity contribution in [1.82, 2.24) is 0 Å². The van der Waals surface area contributed by atoms with Gasteiger partial charge >= 0.3 is 16.4 Å². The van der Waals surface area contributed by atoms with E-state index in [1.807, 2.05) is 0 Å². The first-order valence-corrected chi connectivity index (χ1v) is 22.6. The van der Waals surface area contributed by atoms with Crippen molar-refractivity contribution in [3.63, 3.8) is 0 Å². The fraction of sp³-hybridized carbons (Fsp3) is 0.833. The molecule has 6 atom stereocenters. The number of aliphatic hydroxyl groups is 3. The number of allylic oxidation sites excluding steroid dienone is 6. The zero-order chi connectivity index (χ0) is 40.4. The monoisotopic (exact) mass is 805 g/mol. The Bertz CT molecular complexity index is 1110. The second-order valence-corrected chi connectivity index (χ2v) is 15.6. The number of esters is 1. The molecule has 4 N–H and O–H groups in total. The minimum atomic E-state index is -5.06. The second kappa shape index (κ2) is 34.4. The molecule has 0 amide bonds. The van der Waals surface area contributed by atoms with Crippen LogP contribution in [-0.4, -0.2) is 97.5 Å². The Morgan fingerprint density at radius 1 is 0.709 bits per heavy atom. The van der Waals surface area contributed by atoms with E-state index < -0.39 is 59.8 Å². The van der Waals surface area contributed by atoms with Gasteiger partial charge in [0.05, 0.1) is 19.8 Å². The van der Waals surface area contributed by atoms with Gasteiger partial charge in [-0.25, -0.2) is 4.18 Å². The van der Waals surface area contributed by atoms with Gasteiger partial charge in [0.15, 0.2) is 6.29 Å². The molecule has 0 aliphatic carbocycles. The van der Waals surface area contributed by atoms with Gasteiger partial charge in [-0.15, -0.1) is 0 Å². The third-order valence-corrected chi connectivity index (χ3v) is 9.99. The highest BCUT2D eigenvalue weighted by atomic mass is 32.3. The highest BCUT2D eigenvalue weighted by Gasteiger charge is 2.48. The van der Waals surface area contributed by atoms with Crippen molar-refractivity contribution < 1.29 is 56.2 Å². The minimum absolute atomic E-state index is 0.0287. The van der Waals surface area contributed by atoms with Crippen LogP contribution in [0, 0.1) is 0 Å². The van der Waals surface area contributed by atoms with Crippen molar-refractivity contribution in [3.8, 4) is 0 Å². The number of ether oxygens (including phenoxy) is 4. The van der Waals surface area contributed by atoms with Crippen molar-refractivity contribution in [2.45, 2.75) is 198 Å². The molecule has 0 radical (unpaired) electrons. The molecule has 0 aromatic carbocycles. The maximum absolute atomic E-state index is 12.8. The molecule has 1 heterocycles. The molecular formula is C42H76O12S. The summed E-state index contributed by atoms with van der Waals surface area (Å²) in [6, 6.07) is 0. The van der Waals surface area contributed by atoms with E-state index in [-0.39, 0.29) is 19.6 Å². The highest BCUT2D eigenvalue weighted by molar-refractivity contribution is 7.80. The van der Waals surface area contributed by atoms with Crippen LogP contribution in [0.4, 0.5) is 0 Å². The fourth-order valence-electron chi connectivity index (χ4n) is 6.33. The minimum Gasteiger partial charge on any atom is -0.457 e. The van der Waals surface area contributed by atoms with Crippen molar-refractivity contribution in [1.29, 1.82) is 0 Å². The highest BCUT2D eigenvalue weighted by Crippen LogP contribution is 2.26. The molecule has 1 aliphatic heterocycles. The molecule has 1 rings (SSSR count). The van der Waals surface area contributed by atoms with E-state index >= 15 is 0 Å². The molecule has 0 saturated carbocycles. The maximum atomic E-state index is 12.8. The smallest absolute Gasteiger partial charge is 0.397 e. The standard InChI is InChI=1S/C42H76O12S/c1-3-5-7-9-11-13-15-17-18-19-20-22-24-26-28-30-32-50-34-36(52-38(44)31-29-27-25-23-21-16-14-12-10-8-6-4-2)35-51-42-40(46)41(54-55(47,48)49)39(45)37(33-43)53-42/h5,7,11,13,17-18,36-37,39-43,45-46H,3-4,6,8-10,12,14-16,19-35H2,1-2H3,(H,47,48,49)/b7-5-,13-11-,18-17-. The lowest BCUT2D eigenvalue weighted by Gasteiger charge is -2.41. The molecule has 0 bridgehead atoms. The summed E-state index contributed by atoms with van der Waals surface area (Å²) in [6.45, 7) is 3.83. The summed E-state index contributed by atoms with van der Waals surface area (Å²) < 4.78 is 58.9. The summed E-state index contributed by atoms with van der Waals surface area (Å²) in [5.74, 6) is -0.406. The summed E-state index contributed by atoms with van der Waals surface area (Å²) in [5.41, 5.74) is 0. The Kier molecular flexibility index (Phi) is 32.1. The largest absolute Gasteiger partial charge is 0.457 e. The molecule has 322 valence electrons. The Morgan fingerprint density at radius 3 is 1.84 bits per heavy atom. The van der Waals surface area contributed by atoms with E-state index in [1.165, 1.54) is 64.2 Å². The van der Waals surface area contributed by atoms with Gasteiger partial charge in [0.1, 0.15) is 30.5 Å². The molecule has 12 nitrogen and oxygen atoms in total. The van der Waals surface area contributed by atoms with E-state index in [0.717, 1.165) is 70.6 Å². The molecule has 6 unspecified atom stereocenters. The Hall–Kier alpha value is -1.68. The first-order chi connectivity index (χ1) is 26.6. The summed E-state index contributed by atoms with van der Waals surface area (Å²) >= 11 is 0. The molecule has 0 aromatic heterocycles. The maximum Gasteiger partial charge on any atom is 0.397 e. The van der Waals surface area contributed by atoms with Gasteiger partial charge in [-0.05, 0) is 44.9 Å². The molecule has 1 aliphatic rings. The molecule has 55 heavy (non-hydrogen) atoms. The van der Waals surface area contributed by atoms with Crippen LogP contribution in [0.15, 0.2) is 36.5 Å². The van der Waals surface area contributed by atoms with E-state index in [9.17, 15) is 28.5 Å². The number of carbonyl (C=O) groups excluding carboxylic acids is 1. The van der Waals surface area contributed by atoms with Crippen LogP contribution in [0.5, 0.6) is 0 Å². The van der Waals surface area contributed by atoms with Gasteiger partial charge in [0, 0.05) is 13.0 Å². The van der Waals surface area contributed by atoms with Crippen LogP contribution in [0.1, 0.15) is 162 Å². The third kappa shape index (κ3) is 28.4. The van der Waals surface area contributed by atoms with Crippen molar-refractivity contribution in [2.24, 2.45) is 0 Å². The quantitative estimate of drug-likeness (QED) is 0.0207. The van der Waals surface area contributed by atoms with Gasteiger partial charge in [-0.1, -0.05) is 147 Å². The first kappa shape index (κ1) is 51.3. The number of hydrogen-bond acceptors (Lipinski definition) is 11. The van der Waals surface area contributed by atoms with Gasteiger partial charge in [0.2, 0.25) is 0 Å². The van der Waals surface area contributed by atoms with Crippen LogP contribution < -0.4 is 0 Å². The van der Waals surface area contributed by atoms with Crippen LogP contribution >= 0.6 is 0 Å². The zero-order valence-corrected chi connectivity index (χ0v) is 34.8. The lowest BCUT2D eigenvalue weighted by molar-refractivity contribution is -0.301. The number of rotatable bonds is 36. The van der Waals surface area contributed by atoms with Crippen LogP contribution in [0.3, 0.4) is 0 Å². The zero-order valence-electron chi connectivity index (χ0n) is 34.0. The summed E-state index contributed by atoms with van der Waals surface area (Å²) in [4.78, 5) is 12.8. The van der Waals surface area contributed by atoms with Gasteiger partial charge in [-0.2, -0.15) is 8.42 Å². The topological polar surface area (TPSA) is 178 Å². The molecular weight excluding hydrogens is 729 g/mol. The van der Waals surface area contributed by atoms with Gasteiger partial charge in [0.25, 0.3) is 0 Å².